The van der Waals surface area contributed by atoms with E-state index in [0.29, 0.717) is 13.0 Å². The predicted molar refractivity (Wildman–Crippen MR) is 82.1 cm³/mol. The third kappa shape index (κ3) is 2.97. The van der Waals surface area contributed by atoms with Gasteiger partial charge in [0.05, 0.1) is 5.69 Å². The summed E-state index contributed by atoms with van der Waals surface area (Å²) in [4.78, 5) is 12.1. The molecule has 2 aromatic rings. The van der Waals surface area contributed by atoms with Crippen molar-refractivity contribution in [1.82, 2.24) is 9.78 Å². The first-order chi connectivity index (χ1) is 10.2. The zero-order chi connectivity index (χ0) is 14.7. The molecule has 1 amide bonds. The van der Waals surface area contributed by atoms with Crippen molar-refractivity contribution in [2.24, 2.45) is 11.1 Å². The number of nitrogens with zero attached hydrogens (tertiary/aromatic N) is 2. The van der Waals surface area contributed by atoms with Crippen LogP contribution in [0.15, 0.2) is 42.7 Å². The minimum absolute atomic E-state index is 0.0408. The normalized spacial score (nSPS) is 16.2. The number of hydrogen-bond donors (Lipinski definition) is 2. The fourth-order valence-corrected chi connectivity index (χ4v) is 2.79. The van der Waals surface area contributed by atoms with E-state index >= 15 is 0 Å². The summed E-state index contributed by atoms with van der Waals surface area (Å²) in [5, 5.41) is 7.12. The Balaban J connectivity index is 1.61. The summed E-state index contributed by atoms with van der Waals surface area (Å²) in [7, 11) is 0. The standard InChI is InChI=1S/C16H20N4O/c17-12-16(7-1-8-16)11-15(21)19-13-3-5-14(6-4-13)20-10-2-9-18-20/h2-6,9-10H,1,7-8,11-12,17H2,(H,19,21). The number of carbonyl (C=O) groups excluding carboxylic acids is 1. The maximum absolute atomic E-state index is 12.1. The molecule has 0 spiro atoms. The molecule has 3 N–H and O–H groups in total. The largest absolute Gasteiger partial charge is 0.330 e. The van der Waals surface area contributed by atoms with E-state index < -0.39 is 0 Å². The van der Waals surface area contributed by atoms with Gasteiger partial charge in [-0.1, -0.05) is 6.42 Å². The topological polar surface area (TPSA) is 72.9 Å². The molecule has 1 aliphatic carbocycles. The van der Waals surface area contributed by atoms with Crippen LogP contribution in [0.1, 0.15) is 25.7 Å². The molecule has 0 saturated heterocycles. The van der Waals surface area contributed by atoms with Gasteiger partial charge in [-0.3, -0.25) is 4.79 Å². The van der Waals surface area contributed by atoms with Gasteiger partial charge in [-0.05, 0) is 55.1 Å². The quantitative estimate of drug-likeness (QED) is 0.885. The SMILES string of the molecule is NCC1(CC(=O)Nc2ccc(-n3cccn3)cc2)CCC1. The number of aromatic nitrogens is 2. The first-order valence-electron chi connectivity index (χ1n) is 7.31. The third-order valence-corrected chi connectivity index (χ3v) is 4.30. The van der Waals surface area contributed by atoms with Crippen molar-refractivity contribution >= 4 is 11.6 Å². The van der Waals surface area contributed by atoms with Crippen molar-refractivity contribution in [2.45, 2.75) is 25.7 Å². The number of carbonyl (C=O) groups is 1. The summed E-state index contributed by atoms with van der Waals surface area (Å²) in [6, 6.07) is 9.53. The Morgan fingerprint density at radius 2 is 2.10 bits per heavy atom. The minimum Gasteiger partial charge on any atom is -0.330 e. The lowest BCUT2D eigenvalue weighted by Crippen LogP contribution is -2.40. The molecule has 0 bridgehead atoms. The summed E-state index contributed by atoms with van der Waals surface area (Å²) < 4.78 is 1.78. The molecule has 0 unspecified atom stereocenters. The van der Waals surface area contributed by atoms with Gasteiger partial charge >= 0.3 is 0 Å². The average molecular weight is 284 g/mol. The highest BCUT2D eigenvalue weighted by molar-refractivity contribution is 5.91. The summed E-state index contributed by atoms with van der Waals surface area (Å²) in [5.74, 6) is 0.0481. The van der Waals surface area contributed by atoms with Crippen molar-refractivity contribution in [3.63, 3.8) is 0 Å². The van der Waals surface area contributed by atoms with Crippen LogP contribution in [-0.4, -0.2) is 22.2 Å². The number of benzene rings is 1. The van der Waals surface area contributed by atoms with Crippen LogP contribution < -0.4 is 11.1 Å². The Morgan fingerprint density at radius 1 is 1.33 bits per heavy atom. The Hall–Kier alpha value is -2.14. The zero-order valence-electron chi connectivity index (χ0n) is 12.0. The highest BCUT2D eigenvalue weighted by Crippen LogP contribution is 2.43. The third-order valence-electron chi connectivity index (χ3n) is 4.30. The van der Waals surface area contributed by atoms with Crippen LogP contribution in [0.4, 0.5) is 5.69 Å². The lowest BCUT2D eigenvalue weighted by atomic mass is 9.66. The van der Waals surface area contributed by atoms with Crippen LogP contribution in [-0.2, 0) is 4.79 Å². The summed E-state index contributed by atoms with van der Waals surface area (Å²) in [5.41, 5.74) is 7.61. The van der Waals surface area contributed by atoms with Gasteiger partial charge in [0, 0.05) is 24.5 Å². The molecule has 3 rings (SSSR count). The van der Waals surface area contributed by atoms with Gasteiger partial charge < -0.3 is 11.1 Å². The second-order valence-electron chi connectivity index (χ2n) is 5.78. The van der Waals surface area contributed by atoms with E-state index in [9.17, 15) is 4.79 Å². The van der Waals surface area contributed by atoms with Crippen LogP contribution >= 0.6 is 0 Å². The highest BCUT2D eigenvalue weighted by Gasteiger charge is 2.37. The minimum atomic E-state index is 0.0408. The molecule has 110 valence electrons. The number of rotatable bonds is 5. The van der Waals surface area contributed by atoms with Crippen LogP contribution in [0.3, 0.4) is 0 Å². The first-order valence-corrected chi connectivity index (χ1v) is 7.31. The average Bonchev–Trinajstić information content (AvgIpc) is 2.98. The lowest BCUT2D eigenvalue weighted by Gasteiger charge is -2.40. The summed E-state index contributed by atoms with van der Waals surface area (Å²) in [6.07, 6.45) is 7.45. The fourth-order valence-electron chi connectivity index (χ4n) is 2.79. The molecule has 0 radical (unpaired) electrons. The molecular formula is C16H20N4O. The van der Waals surface area contributed by atoms with Gasteiger partial charge in [-0.25, -0.2) is 4.68 Å². The van der Waals surface area contributed by atoms with Crippen LogP contribution in [0.5, 0.6) is 0 Å². The van der Waals surface area contributed by atoms with Gasteiger partial charge in [0.15, 0.2) is 0 Å². The van der Waals surface area contributed by atoms with E-state index in [1.807, 2.05) is 36.5 Å². The monoisotopic (exact) mass is 284 g/mol. The molecule has 0 atom stereocenters. The molecule has 1 aromatic heterocycles. The fraction of sp³-hybridized carbons (Fsp3) is 0.375. The second-order valence-corrected chi connectivity index (χ2v) is 5.78. The Kier molecular flexibility index (Phi) is 3.75. The molecule has 1 fully saturated rings. The first kappa shape index (κ1) is 13.8. The highest BCUT2D eigenvalue weighted by atomic mass is 16.1. The second kappa shape index (κ2) is 5.69. The van der Waals surface area contributed by atoms with E-state index in [1.165, 1.54) is 6.42 Å². The maximum Gasteiger partial charge on any atom is 0.224 e. The number of hydrogen-bond acceptors (Lipinski definition) is 3. The van der Waals surface area contributed by atoms with E-state index in [-0.39, 0.29) is 11.3 Å². The molecule has 1 heterocycles. The van der Waals surface area contributed by atoms with Crippen molar-refractivity contribution in [3.8, 4) is 5.69 Å². The molecule has 0 aliphatic heterocycles. The number of nitrogens with two attached hydrogens (primary N) is 1. The van der Waals surface area contributed by atoms with Gasteiger partial charge in [0.25, 0.3) is 0 Å². The van der Waals surface area contributed by atoms with Gasteiger partial charge in [0.1, 0.15) is 0 Å². The Morgan fingerprint density at radius 3 is 2.62 bits per heavy atom. The Bertz CT molecular complexity index is 594. The molecule has 5 heteroatoms. The van der Waals surface area contributed by atoms with E-state index in [2.05, 4.69) is 10.4 Å². The lowest BCUT2D eigenvalue weighted by molar-refractivity contribution is -0.119. The molecule has 1 saturated carbocycles. The van der Waals surface area contributed by atoms with Gasteiger partial charge in [0.2, 0.25) is 5.91 Å². The van der Waals surface area contributed by atoms with E-state index in [1.54, 1.807) is 10.9 Å². The van der Waals surface area contributed by atoms with Gasteiger partial charge in [-0.15, -0.1) is 0 Å². The van der Waals surface area contributed by atoms with Crippen LogP contribution in [0.2, 0.25) is 0 Å². The Labute approximate surface area is 124 Å². The maximum atomic E-state index is 12.1. The van der Waals surface area contributed by atoms with E-state index in [0.717, 1.165) is 24.2 Å². The number of amides is 1. The summed E-state index contributed by atoms with van der Waals surface area (Å²) >= 11 is 0. The van der Waals surface area contributed by atoms with Crippen LogP contribution in [0, 0.1) is 5.41 Å². The van der Waals surface area contributed by atoms with Crippen molar-refractivity contribution in [2.75, 3.05) is 11.9 Å². The molecule has 5 nitrogen and oxygen atoms in total. The van der Waals surface area contributed by atoms with Gasteiger partial charge in [-0.2, -0.15) is 5.10 Å². The van der Waals surface area contributed by atoms with Crippen molar-refractivity contribution < 1.29 is 4.79 Å². The molecule has 21 heavy (non-hydrogen) atoms. The number of nitrogens with one attached hydrogen (secondary N) is 1. The zero-order valence-corrected chi connectivity index (χ0v) is 12.0. The molecular weight excluding hydrogens is 264 g/mol. The number of anilines is 1. The van der Waals surface area contributed by atoms with Crippen molar-refractivity contribution in [3.05, 3.63) is 42.7 Å². The smallest absolute Gasteiger partial charge is 0.224 e. The molecule has 1 aliphatic rings. The molecule has 1 aromatic carbocycles. The van der Waals surface area contributed by atoms with Crippen LogP contribution in [0.25, 0.3) is 5.69 Å². The predicted octanol–water partition coefficient (Wildman–Crippen LogP) is 2.33. The van der Waals surface area contributed by atoms with E-state index in [4.69, 9.17) is 5.73 Å². The summed E-state index contributed by atoms with van der Waals surface area (Å²) in [6.45, 7) is 0.596. The van der Waals surface area contributed by atoms with Crippen molar-refractivity contribution in [1.29, 1.82) is 0 Å².